The largest absolute Gasteiger partial charge is 0.372 e. The molecule has 12 heteroatoms. The van der Waals surface area contributed by atoms with Crippen molar-refractivity contribution in [1.82, 2.24) is 24.5 Å². The van der Waals surface area contributed by atoms with E-state index in [1.165, 1.54) is 17.6 Å². The van der Waals surface area contributed by atoms with Crippen LogP contribution in [0.4, 0.5) is 17.5 Å². The quantitative estimate of drug-likeness (QED) is 0.455. The Bertz CT molecular complexity index is 1400. The van der Waals surface area contributed by atoms with Crippen LogP contribution in [0.5, 0.6) is 0 Å². The summed E-state index contributed by atoms with van der Waals surface area (Å²) in [5.74, 6) is 1.82. The van der Waals surface area contributed by atoms with Gasteiger partial charge in [-0.2, -0.15) is 9.97 Å². The number of rotatable bonds is 5. The van der Waals surface area contributed by atoms with Crippen molar-refractivity contribution >= 4 is 49.8 Å². The number of thiazole rings is 1. The zero-order chi connectivity index (χ0) is 23.2. The zero-order valence-corrected chi connectivity index (χ0v) is 20.0. The Balaban J connectivity index is 1.59. The summed E-state index contributed by atoms with van der Waals surface area (Å²) in [5.41, 5.74) is 3.35. The van der Waals surface area contributed by atoms with Gasteiger partial charge in [-0.3, -0.25) is 4.57 Å². The molecule has 10 nitrogen and oxygen atoms in total. The summed E-state index contributed by atoms with van der Waals surface area (Å²) in [6, 6.07) is 6.54. The summed E-state index contributed by atoms with van der Waals surface area (Å²) in [6.07, 6.45) is 2.87. The Morgan fingerprint density at radius 2 is 1.94 bits per heavy atom. The Morgan fingerprint density at radius 1 is 1.15 bits per heavy atom. The van der Waals surface area contributed by atoms with Gasteiger partial charge >= 0.3 is 0 Å². The molecule has 1 aliphatic rings. The van der Waals surface area contributed by atoms with Gasteiger partial charge in [0.1, 0.15) is 6.33 Å². The normalized spacial score (nSPS) is 16.3. The highest BCUT2D eigenvalue weighted by atomic mass is 32.2. The molecule has 0 atom stereocenters. The molecule has 0 saturated carbocycles. The fourth-order valence-electron chi connectivity index (χ4n) is 3.72. The second kappa shape index (κ2) is 8.04. The Labute approximate surface area is 195 Å². The van der Waals surface area contributed by atoms with E-state index < -0.39 is 9.84 Å². The number of ether oxygens (including phenoxy) is 1. The molecule has 3 aromatic heterocycles. The van der Waals surface area contributed by atoms with Crippen LogP contribution in [0.25, 0.3) is 17.0 Å². The second-order valence-corrected chi connectivity index (χ2v) is 11.2. The van der Waals surface area contributed by atoms with Gasteiger partial charge < -0.3 is 15.0 Å². The minimum absolute atomic E-state index is 0.255. The van der Waals surface area contributed by atoms with Crippen LogP contribution >= 0.6 is 11.3 Å². The van der Waals surface area contributed by atoms with Crippen molar-refractivity contribution in [3.8, 4) is 5.82 Å². The van der Waals surface area contributed by atoms with Crippen LogP contribution in [0.3, 0.4) is 0 Å². The van der Waals surface area contributed by atoms with E-state index in [4.69, 9.17) is 14.7 Å². The molecular formula is C21H23N7O3S2. The van der Waals surface area contributed by atoms with Crippen molar-refractivity contribution in [2.24, 2.45) is 0 Å². The minimum atomic E-state index is -3.27. The fourth-order valence-corrected chi connectivity index (χ4v) is 4.88. The first-order chi connectivity index (χ1) is 15.7. The summed E-state index contributed by atoms with van der Waals surface area (Å²) in [7, 11) is -3.27. The molecule has 0 radical (unpaired) electrons. The van der Waals surface area contributed by atoms with E-state index in [1.54, 1.807) is 36.1 Å². The van der Waals surface area contributed by atoms with Gasteiger partial charge in [0.15, 0.2) is 32.6 Å². The highest BCUT2D eigenvalue weighted by Gasteiger charge is 2.29. The number of hydrogen-bond donors (Lipinski definition) is 1. The number of aromatic nitrogens is 5. The monoisotopic (exact) mass is 485 g/mol. The third kappa shape index (κ3) is 4.41. The van der Waals surface area contributed by atoms with E-state index in [-0.39, 0.29) is 10.5 Å². The molecule has 1 fully saturated rings. The van der Waals surface area contributed by atoms with Gasteiger partial charge in [-0.1, -0.05) is 0 Å². The van der Waals surface area contributed by atoms with Crippen molar-refractivity contribution in [3.05, 3.63) is 41.5 Å². The van der Waals surface area contributed by atoms with Crippen LogP contribution in [0.15, 0.2) is 46.4 Å². The maximum absolute atomic E-state index is 11.8. The number of anilines is 3. The Morgan fingerprint density at radius 3 is 2.61 bits per heavy atom. The molecule has 1 aromatic carbocycles. The van der Waals surface area contributed by atoms with Crippen LogP contribution in [0.2, 0.25) is 0 Å². The van der Waals surface area contributed by atoms with E-state index in [9.17, 15) is 8.42 Å². The van der Waals surface area contributed by atoms with Gasteiger partial charge in [0.25, 0.3) is 0 Å². The van der Waals surface area contributed by atoms with Gasteiger partial charge in [-0.25, -0.2) is 18.4 Å². The van der Waals surface area contributed by atoms with E-state index in [2.05, 4.69) is 20.2 Å². The van der Waals surface area contributed by atoms with E-state index in [0.29, 0.717) is 48.3 Å². The lowest BCUT2D eigenvalue weighted by atomic mass is 10.1. The number of morpholine rings is 1. The Hall–Kier alpha value is -3.09. The third-order valence-electron chi connectivity index (χ3n) is 5.30. The number of benzene rings is 1. The molecule has 33 heavy (non-hydrogen) atoms. The molecule has 0 aliphatic carbocycles. The summed E-state index contributed by atoms with van der Waals surface area (Å²) in [6.45, 7) is 5.98. The first kappa shape index (κ1) is 21.7. The number of imidazole rings is 1. The number of hydrogen-bond acceptors (Lipinski definition) is 10. The van der Waals surface area contributed by atoms with Crippen molar-refractivity contribution in [2.45, 2.75) is 24.3 Å². The standard InChI is InChI=1S/C21H23N7O3S2/c1-21(2)11-27(8-9-31-21)20-25-18(24-14-4-6-15(7-5-14)33(3,29)30)17-19(26-20)28(12-22-17)16-10-32-13-23-16/h4-7,10,12-13H,8-9,11H2,1-3H3,(H,24,25,26). The first-order valence-electron chi connectivity index (χ1n) is 10.3. The van der Waals surface area contributed by atoms with Crippen molar-refractivity contribution in [1.29, 1.82) is 0 Å². The van der Waals surface area contributed by atoms with Crippen LogP contribution in [-0.2, 0) is 14.6 Å². The minimum Gasteiger partial charge on any atom is -0.372 e. The number of nitrogens with one attached hydrogen (secondary N) is 1. The molecule has 172 valence electrons. The van der Waals surface area contributed by atoms with Crippen molar-refractivity contribution in [2.75, 3.05) is 36.2 Å². The van der Waals surface area contributed by atoms with Gasteiger partial charge in [0.2, 0.25) is 5.95 Å². The molecule has 0 amide bonds. The molecule has 5 rings (SSSR count). The molecule has 1 aliphatic heterocycles. The summed E-state index contributed by atoms with van der Waals surface area (Å²) in [5, 5.41) is 5.22. The number of sulfone groups is 1. The van der Waals surface area contributed by atoms with Gasteiger partial charge in [0.05, 0.1) is 22.6 Å². The molecule has 0 unspecified atom stereocenters. The van der Waals surface area contributed by atoms with E-state index in [1.807, 2.05) is 23.8 Å². The molecule has 0 bridgehead atoms. The van der Waals surface area contributed by atoms with Crippen LogP contribution < -0.4 is 10.2 Å². The smallest absolute Gasteiger partial charge is 0.229 e. The average molecular weight is 486 g/mol. The summed E-state index contributed by atoms with van der Waals surface area (Å²) in [4.78, 5) is 20.9. The molecule has 4 aromatic rings. The topological polar surface area (TPSA) is 115 Å². The lowest BCUT2D eigenvalue weighted by Gasteiger charge is -2.38. The second-order valence-electron chi connectivity index (χ2n) is 8.46. The van der Waals surface area contributed by atoms with E-state index >= 15 is 0 Å². The van der Waals surface area contributed by atoms with Gasteiger partial charge in [-0.15, -0.1) is 11.3 Å². The van der Waals surface area contributed by atoms with Crippen LogP contribution in [0.1, 0.15) is 13.8 Å². The number of fused-ring (bicyclic) bond motifs is 1. The molecule has 1 saturated heterocycles. The maximum atomic E-state index is 11.8. The fraction of sp³-hybridized carbons (Fsp3) is 0.333. The predicted molar refractivity (Wildman–Crippen MR) is 127 cm³/mol. The maximum Gasteiger partial charge on any atom is 0.229 e. The summed E-state index contributed by atoms with van der Waals surface area (Å²) >= 11 is 1.49. The highest BCUT2D eigenvalue weighted by Crippen LogP contribution is 2.29. The van der Waals surface area contributed by atoms with Crippen LogP contribution in [-0.4, -0.2) is 64.5 Å². The van der Waals surface area contributed by atoms with Crippen LogP contribution in [0, 0.1) is 0 Å². The first-order valence-corrected chi connectivity index (χ1v) is 13.1. The third-order valence-corrected chi connectivity index (χ3v) is 7.01. The van der Waals surface area contributed by atoms with Crippen molar-refractivity contribution in [3.63, 3.8) is 0 Å². The molecule has 0 spiro atoms. The van der Waals surface area contributed by atoms with Gasteiger partial charge in [0, 0.05) is 30.4 Å². The lowest BCUT2D eigenvalue weighted by molar-refractivity contribution is -0.0281. The van der Waals surface area contributed by atoms with Crippen molar-refractivity contribution < 1.29 is 13.2 Å². The molecular weight excluding hydrogens is 462 g/mol. The number of nitrogens with zero attached hydrogens (tertiary/aromatic N) is 6. The SMILES string of the molecule is CC1(C)CN(c2nc(Nc3ccc(S(C)(=O)=O)cc3)c3ncn(-c4cscn4)c3n2)CCO1. The lowest BCUT2D eigenvalue weighted by Crippen LogP contribution is -2.49. The van der Waals surface area contributed by atoms with Gasteiger partial charge in [-0.05, 0) is 38.1 Å². The molecule has 1 N–H and O–H groups in total. The molecule has 4 heterocycles. The predicted octanol–water partition coefficient (Wildman–Crippen LogP) is 3.03. The Kier molecular flexibility index (Phi) is 5.30. The summed E-state index contributed by atoms with van der Waals surface area (Å²) < 4.78 is 31.3. The zero-order valence-electron chi connectivity index (χ0n) is 18.4. The van der Waals surface area contributed by atoms with E-state index in [0.717, 1.165) is 5.82 Å². The highest BCUT2D eigenvalue weighted by molar-refractivity contribution is 7.90. The average Bonchev–Trinajstić information content (AvgIpc) is 3.42.